The average molecular weight is 325 g/mol. The van der Waals surface area contributed by atoms with Crippen LogP contribution in [0.2, 0.25) is 0 Å². The summed E-state index contributed by atoms with van der Waals surface area (Å²) < 4.78 is 5.28. The molecule has 1 fully saturated rings. The summed E-state index contributed by atoms with van der Waals surface area (Å²) in [6.45, 7) is 1.72. The Morgan fingerprint density at radius 2 is 1.79 bits per heavy atom. The molecule has 24 heavy (non-hydrogen) atoms. The molecule has 0 aromatic heterocycles. The van der Waals surface area contributed by atoms with Crippen molar-refractivity contribution in [3.05, 3.63) is 65.7 Å². The van der Waals surface area contributed by atoms with E-state index in [0.29, 0.717) is 12.6 Å². The Morgan fingerprint density at radius 3 is 2.50 bits per heavy atom. The topological polar surface area (TPSA) is 32.7 Å². The first-order chi connectivity index (χ1) is 11.8. The highest BCUT2D eigenvalue weighted by Crippen LogP contribution is 2.32. The first kappa shape index (κ1) is 17.0. The Hall–Kier alpha value is -1.84. The molecule has 3 heteroatoms. The van der Waals surface area contributed by atoms with Crippen LogP contribution in [0.3, 0.4) is 0 Å². The minimum absolute atomic E-state index is 0.372. The van der Waals surface area contributed by atoms with Gasteiger partial charge >= 0.3 is 0 Å². The van der Waals surface area contributed by atoms with Crippen LogP contribution >= 0.6 is 0 Å². The molecule has 1 aliphatic rings. The van der Waals surface area contributed by atoms with Gasteiger partial charge in [0.15, 0.2) is 0 Å². The van der Waals surface area contributed by atoms with Crippen molar-refractivity contribution in [2.75, 3.05) is 20.2 Å². The van der Waals surface area contributed by atoms with Crippen LogP contribution in [-0.4, -0.2) is 30.2 Å². The fraction of sp³-hybridized carbons (Fsp3) is 0.429. The van der Waals surface area contributed by atoms with Crippen molar-refractivity contribution < 1.29 is 9.84 Å². The molecule has 2 aromatic carbocycles. The van der Waals surface area contributed by atoms with Crippen molar-refractivity contribution in [2.24, 2.45) is 0 Å². The lowest BCUT2D eigenvalue weighted by molar-refractivity contribution is 0.0877. The molecule has 0 amide bonds. The predicted octanol–water partition coefficient (Wildman–Crippen LogP) is 4.35. The number of β-amino-alcohol motifs (C(OH)–C–C–N with tert-alkyl or cyclic N) is 1. The van der Waals surface area contributed by atoms with Crippen LogP contribution in [0.5, 0.6) is 5.75 Å². The molecule has 128 valence electrons. The lowest BCUT2D eigenvalue weighted by Gasteiger charge is -2.32. The van der Waals surface area contributed by atoms with Crippen LogP contribution in [0.4, 0.5) is 0 Å². The second-order valence-electron chi connectivity index (χ2n) is 6.56. The van der Waals surface area contributed by atoms with Gasteiger partial charge in [-0.1, -0.05) is 55.3 Å². The lowest BCUT2D eigenvalue weighted by Crippen LogP contribution is -2.32. The first-order valence-electron chi connectivity index (χ1n) is 8.89. The van der Waals surface area contributed by atoms with Gasteiger partial charge in [0, 0.05) is 12.6 Å². The van der Waals surface area contributed by atoms with E-state index in [1.807, 2.05) is 42.5 Å². The average Bonchev–Trinajstić information content (AvgIpc) is 2.88. The lowest BCUT2D eigenvalue weighted by atomic mass is 9.99. The molecule has 1 aliphatic heterocycles. The predicted molar refractivity (Wildman–Crippen MR) is 97.2 cm³/mol. The highest BCUT2D eigenvalue weighted by Gasteiger charge is 2.25. The van der Waals surface area contributed by atoms with E-state index < -0.39 is 6.10 Å². The number of methoxy groups -OCH3 is 1. The molecule has 0 unspecified atom stereocenters. The van der Waals surface area contributed by atoms with Gasteiger partial charge in [-0.3, -0.25) is 4.90 Å². The fourth-order valence-corrected chi connectivity index (χ4v) is 3.59. The van der Waals surface area contributed by atoms with Gasteiger partial charge in [-0.15, -0.1) is 0 Å². The normalized spacial score (nSPS) is 20.3. The summed E-state index contributed by atoms with van der Waals surface area (Å²) in [4.78, 5) is 2.45. The Morgan fingerprint density at radius 1 is 1.04 bits per heavy atom. The van der Waals surface area contributed by atoms with Crippen molar-refractivity contribution in [3.8, 4) is 5.75 Å². The second kappa shape index (κ2) is 8.32. The molecule has 0 spiro atoms. The highest BCUT2D eigenvalue weighted by molar-refractivity contribution is 5.29. The van der Waals surface area contributed by atoms with Gasteiger partial charge in [-0.2, -0.15) is 0 Å². The van der Waals surface area contributed by atoms with Crippen LogP contribution in [0.1, 0.15) is 49.0 Å². The van der Waals surface area contributed by atoms with E-state index in [9.17, 15) is 5.11 Å². The summed E-state index contributed by atoms with van der Waals surface area (Å²) in [5.74, 6) is 0.892. The van der Waals surface area contributed by atoms with E-state index in [1.54, 1.807) is 7.11 Å². The van der Waals surface area contributed by atoms with E-state index in [1.165, 1.54) is 24.8 Å². The van der Waals surface area contributed by atoms with Crippen LogP contribution in [0.25, 0.3) is 0 Å². The molecule has 0 radical (unpaired) electrons. The maximum atomic E-state index is 10.6. The van der Waals surface area contributed by atoms with Gasteiger partial charge in [0.2, 0.25) is 0 Å². The largest absolute Gasteiger partial charge is 0.497 e. The minimum atomic E-state index is -0.440. The Kier molecular flexibility index (Phi) is 5.89. The van der Waals surface area contributed by atoms with E-state index in [2.05, 4.69) is 17.0 Å². The van der Waals surface area contributed by atoms with Gasteiger partial charge < -0.3 is 9.84 Å². The number of hydrogen-bond donors (Lipinski definition) is 1. The Balaban J connectivity index is 1.76. The van der Waals surface area contributed by atoms with Crippen LogP contribution in [-0.2, 0) is 0 Å². The summed E-state index contributed by atoms with van der Waals surface area (Å²) in [5, 5.41) is 10.6. The van der Waals surface area contributed by atoms with Crippen molar-refractivity contribution >= 4 is 0 Å². The number of rotatable bonds is 5. The number of benzene rings is 2. The molecule has 1 saturated heterocycles. The van der Waals surface area contributed by atoms with Crippen molar-refractivity contribution in [3.63, 3.8) is 0 Å². The second-order valence-corrected chi connectivity index (χ2v) is 6.56. The maximum Gasteiger partial charge on any atom is 0.118 e. The zero-order valence-electron chi connectivity index (χ0n) is 14.4. The van der Waals surface area contributed by atoms with Crippen molar-refractivity contribution in [2.45, 2.75) is 37.8 Å². The van der Waals surface area contributed by atoms with Gasteiger partial charge in [0.05, 0.1) is 13.2 Å². The number of ether oxygens (including phenoxy) is 1. The molecule has 0 saturated carbocycles. The molecule has 0 aliphatic carbocycles. The molecule has 2 atom stereocenters. The Bertz CT molecular complexity index is 611. The molecule has 2 aromatic rings. The highest BCUT2D eigenvalue weighted by atomic mass is 16.5. The standard InChI is InChI=1S/C21H27NO2/c1-24-19-13-11-17(12-14-19)20-10-6-3-7-15-22(20)16-21(23)18-8-4-2-5-9-18/h2,4-5,8-9,11-14,20-21,23H,3,6-7,10,15-16H2,1H3/t20-,21+/m1/s1. The summed E-state index contributed by atoms with van der Waals surface area (Å²) in [6, 6.07) is 18.7. The van der Waals surface area contributed by atoms with E-state index >= 15 is 0 Å². The van der Waals surface area contributed by atoms with Crippen molar-refractivity contribution in [1.29, 1.82) is 0 Å². The van der Waals surface area contributed by atoms with Gasteiger partial charge in [0.1, 0.15) is 5.75 Å². The van der Waals surface area contributed by atoms with Crippen LogP contribution in [0.15, 0.2) is 54.6 Å². The van der Waals surface area contributed by atoms with Gasteiger partial charge in [-0.05, 0) is 42.6 Å². The fourth-order valence-electron chi connectivity index (χ4n) is 3.59. The number of aliphatic hydroxyl groups is 1. The van der Waals surface area contributed by atoms with Crippen molar-refractivity contribution in [1.82, 2.24) is 4.90 Å². The van der Waals surface area contributed by atoms with Crippen LogP contribution < -0.4 is 4.74 Å². The zero-order valence-corrected chi connectivity index (χ0v) is 14.4. The third-order valence-corrected chi connectivity index (χ3v) is 4.96. The zero-order chi connectivity index (χ0) is 16.8. The van der Waals surface area contributed by atoms with Gasteiger partial charge in [-0.25, -0.2) is 0 Å². The molecule has 3 nitrogen and oxygen atoms in total. The summed E-state index contributed by atoms with van der Waals surface area (Å²) in [5.41, 5.74) is 2.31. The number of likely N-dealkylation sites (tertiary alicyclic amines) is 1. The molecule has 3 rings (SSSR count). The minimum Gasteiger partial charge on any atom is -0.497 e. The number of hydrogen-bond acceptors (Lipinski definition) is 3. The molecule has 1 N–H and O–H groups in total. The number of aliphatic hydroxyl groups excluding tert-OH is 1. The Labute approximate surface area is 144 Å². The third-order valence-electron chi connectivity index (χ3n) is 4.96. The molecule has 1 heterocycles. The van der Waals surface area contributed by atoms with E-state index in [-0.39, 0.29) is 0 Å². The quantitative estimate of drug-likeness (QED) is 0.887. The third kappa shape index (κ3) is 4.16. The summed E-state index contributed by atoms with van der Waals surface area (Å²) >= 11 is 0. The molecule has 0 bridgehead atoms. The SMILES string of the molecule is COc1ccc([C@H]2CCCCCN2C[C@H](O)c2ccccc2)cc1. The summed E-state index contributed by atoms with van der Waals surface area (Å²) in [6.07, 6.45) is 4.42. The monoisotopic (exact) mass is 325 g/mol. The maximum absolute atomic E-state index is 10.6. The smallest absolute Gasteiger partial charge is 0.118 e. The van der Waals surface area contributed by atoms with E-state index in [0.717, 1.165) is 24.3 Å². The van der Waals surface area contributed by atoms with E-state index in [4.69, 9.17) is 4.74 Å². The summed E-state index contributed by atoms with van der Waals surface area (Å²) in [7, 11) is 1.70. The molecular weight excluding hydrogens is 298 g/mol. The van der Waals surface area contributed by atoms with Crippen LogP contribution in [0, 0.1) is 0 Å². The first-order valence-corrected chi connectivity index (χ1v) is 8.89. The van der Waals surface area contributed by atoms with Gasteiger partial charge in [0.25, 0.3) is 0 Å². The molecular formula is C21H27NO2. The number of nitrogens with zero attached hydrogens (tertiary/aromatic N) is 1.